The second-order valence-electron chi connectivity index (χ2n) is 21.6. The molecule has 2 aromatic heterocycles. The molecular formula is C60H57BN2OS. The molecule has 65 heavy (non-hydrogen) atoms. The fourth-order valence-corrected chi connectivity index (χ4v) is 11.5. The fourth-order valence-electron chi connectivity index (χ4n) is 10.5. The first-order valence-corrected chi connectivity index (χ1v) is 24.1. The molecule has 4 heterocycles. The molecule has 0 spiro atoms. The van der Waals surface area contributed by atoms with E-state index in [1.54, 1.807) is 0 Å². The SMILES string of the molecule is Cc1cc(C(C)(C)C)cc(C)c1N1c2cccc3c2B(c2ccc(-c4csc5ccccc45)cc2N3c2ccc(C(C)(C)C)cc2-c2ccccc2)c2oc3ccc(C(C)(C)C)cc3c21. The minimum atomic E-state index is -0.152. The normalized spacial score (nSPS) is 13.7. The van der Waals surface area contributed by atoms with Gasteiger partial charge in [0.25, 0.3) is 6.71 Å². The van der Waals surface area contributed by atoms with Crippen LogP contribution in [-0.2, 0) is 16.2 Å². The van der Waals surface area contributed by atoms with Crippen molar-refractivity contribution in [1.82, 2.24) is 0 Å². The van der Waals surface area contributed by atoms with E-state index in [9.17, 15) is 0 Å². The molecule has 0 amide bonds. The minimum absolute atomic E-state index is 0.0133. The van der Waals surface area contributed by atoms with Gasteiger partial charge in [0.2, 0.25) is 0 Å². The van der Waals surface area contributed by atoms with Gasteiger partial charge in [-0.3, -0.25) is 0 Å². The lowest BCUT2D eigenvalue weighted by Crippen LogP contribution is -2.61. The average Bonchev–Trinajstić information content (AvgIpc) is 3.88. The molecule has 0 radical (unpaired) electrons. The Morgan fingerprint density at radius 1 is 0.477 bits per heavy atom. The zero-order chi connectivity index (χ0) is 45.3. The van der Waals surface area contributed by atoms with Gasteiger partial charge in [-0.2, -0.15) is 0 Å². The van der Waals surface area contributed by atoms with E-state index in [-0.39, 0.29) is 23.0 Å². The quantitative estimate of drug-likeness (QED) is 0.164. The maximum absolute atomic E-state index is 7.36. The van der Waals surface area contributed by atoms with Crippen molar-refractivity contribution in [2.75, 3.05) is 9.80 Å². The number of hydrogen-bond donors (Lipinski definition) is 0. The number of aryl methyl sites for hydroxylation is 2. The lowest BCUT2D eigenvalue weighted by molar-refractivity contribution is 0.589. The summed E-state index contributed by atoms with van der Waals surface area (Å²) in [5.74, 6) is 0. The van der Waals surface area contributed by atoms with Crippen LogP contribution in [0.4, 0.5) is 34.1 Å². The summed E-state index contributed by atoms with van der Waals surface area (Å²) < 4.78 is 8.66. The highest BCUT2D eigenvalue weighted by atomic mass is 32.1. The smallest absolute Gasteiger partial charge is 0.297 e. The van der Waals surface area contributed by atoms with Crippen molar-refractivity contribution in [3.8, 4) is 22.3 Å². The summed E-state index contributed by atoms with van der Waals surface area (Å²) in [4.78, 5) is 5.14. The maximum Gasteiger partial charge on any atom is 0.297 e. The molecule has 11 rings (SSSR count). The first-order valence-electron chi connectivity index (χ1n) is 23.2. The molecule has 0 fully saturated rings. The van der Waals surface area contributed by atoms with E-state index in [0.29, 0.717) is 0 Å². The van der Waals surface area contributed by atoms with Crippen LogP contribution in [0.15, 0.2) is 149 Å². The third kappa shape index (κ3) is 6.60. The molecule has 322 valence electrons. The van der Waals surface area contributed by atoms with E-state index in [1.807, 2.05) is 11.3 Å². The van der Waals surface area contributed by atoms with Crippen molar-refractivity contribution < 1.29 is 4.42 Å². The van der Waals surface area contributed by atoms with Gasteiger partial charge in [-0.15, -0.1) is 11.3 Å². The molecule has 3 nitrogen and oxygen atoms in total. The number of rotatable bonds is 4. The van der Waals surface area contributed by atoms with Gasteiger partial charge in [0.15, 0.2) is 0 Å². The van der Waals surface area contributed by atoms with E-state index < -0.39 is 0 Å². The van der Waals surface area contributed by atoms with Crippen LogP contribution in [0, 0.1) is 13.8 Å². The Morgan fingerprint density at radius 3 is 1.83 bits per heavy atom. The molecule has 0 N–H and O–H groups in total. The van der Waals surface area contributed by atoms with E-state index in [1.165, 1.54) is 93.8 Å². The van der Waals surface area contributed by atoms with Gasteiger partial charge in [0.05, 0.1) is 22.7 Å². The highest BCUT2D eigenvalue weighted by Gasteiger charge is 2.47. The maximum atomic E-state index is 7.36. The van der Waals surface area contributed by atoms with Gasteiger partial charge in [-0.1, -0.05) is 153 Å². The van der Waals surface area contributed by atoms with Crippen molar-refractivity contribution in [2.45, 2.75) is 92.4 Å². The first-order chi connectivity index (χ1) is 31.0. The molecule has 2 aliphatic heterocycles. The van der Waals surface area contributed by atoms with Crippen molar-refractivity contribution in [1.29, 1.82) is 0 Å². The summed E-state index contributed by atoms with van der Waals surface area (Å²) in [5.41, 5.74) is 22.7. The summed E-state index contributed by atoms with van der Waals surface area (Å²) in [6.45, 7) is 25.2. The van der Waals surface area contributed by atoms with Crippen molar-refractivity contribution in [3.05, 3.63) is 173 Å². The van der Waals surface area contributed by atoms with E-state index in [0.717, 1.165) is 28.0 Å². The molecule has 0 bridgehead atoms. The van der Waals surface area contributed by atoms with E-state index in [4.69, 9.17) is 4.42 Å². The van der Waals surface area contributed by atoms with Crippen LogP contribution in [0.3, 0.4) is 0 Å². The molecule has 0 aliphatic carbocycles. The van der Waals surface area contributed by atoms with Gasteiger partial charge >= 0.3 is 0 Å². The van der Waals surface area contributed by atoms with E-state index >= 15 is 0 Å². The Hall–Kier alpha value is -6.30. The van der Waals surface area contributed by atoms with Crippen LogP contribution in [0.1, 0.15) is 90.1 Å². The Labute approximate surface area is 389 Å². The topological polar surface area (TPSA) is 19.6 Å². The minimum Gasteiger partial charge on any atom is -0.468 e. The largest absolute Gasteiger partial charge is 0.468 e. The second-order valence-corrected chi connectivity index (χ2v) is 22.5. The lowest BCUT2D eigenvalue weighted by atomic mass is 9.35. The third-order valence-corrected chi connectivity index (χ3v) is 15.0. The van der Waals surface area contributed by atoms with Crippen molar-refractivity contribution in [3.63, 3.8) is 0 Å². The summed E-state index contributed by atoms with van der Waals surface area (Å²) >= 11 is 1.82. The molecule has 5 heteroatoms. The molecule has 0 saturated carbocycles. The number of benzene rings is 7. The Bertz CT molecular complexity index is 3350. The van der Waals surface area contributed by atoms with Crippen LogP contribution in [0.25, 0.3) is 43.3 Å². The number of fused-ring (bicyclic) bond motifs is 7. The predicted octanol–water partition coefficient (Wildman–Crippen LogP) is 15.6. The highest BCUT2D eigenvalue weighted by molar-refractivity contribution is 7.17. The van der Waals surface area contributed by atoms with Crippen molar-refractivity contribution >= 4 is 89.8 Å². The highest BCUT2D eigenvalue weighted by Crippen LogP contribution is 2.51. The monoisotopic (exact) mass is 864 g/mol. The summed E-state index contributed by atoms with van der Waals surface area (Å²) in [6.07, 6.45) is 0. The molecule has 7 aromatic carbocycles. The first kappa shape index (κ1) is 41.4. The van der Waals surface area contributed by atoms with Gasteiger partial charge in [-0.05, 0) is 134 Å². The number of anilines is 6. The average molecular weight is 865 g/mol. The number of nitrogens with zero attached hydrogens (tertiary/aromatic N) is 2. The third-order valence-electron chi connectivity index (χ3n) is 14.0. The summed E-state index contributed by atoms with van der Waals surface area (Å²) in [6, 6.07) is 52.8. The van der Waals surface area contributed by atoms with Gasteiger partial charge in [0.1, 0.15) is 5.58 Å². The molecule has 0 atom stereocenters. The van der Waals surface area contributed by atoms with Gasteiger partial charge < -0.3 is 14.2 Å². The Kier molecular flexibility index (Phi) is 9.31. The molecule has 0 unspecified atom stereocenters. The molecule has 2 aliphatic rings. The number of hydrogen-bond acceptors (Lipinski definition) is 4. The van der Waals surface area contributed by atoms with Crippen LogP contribution in [-0.4, -0.2) is 6.71 Å². The number of furan rings is 1. The van der Waals surface area contributed by atoms with Crippen molar-refractivity contribution in [2.24, 2.45) is 0 Å². The van der Waals surface area contributed by atoms with Gasteiger partial charge in [-0.25, -0.2) is 0 Å². The van der Waals surface area contributed by atoms with E-state index in [2.05, 4.69) is 231 Å². The lowest BCUT2D eigenvalue weighted by Gasteiger charge is -2.43. The van der Waals surface area contributed by atoms with Crippen LogP contribution < -0.4 is 26.4 Å². The standard InChI is InChI=1S/C60H57BN2OS/c1-36-30-42(60(9,10)11)31-37(2)55(36)63-50-22-17-21-49-54(50)61(57-56(63)45-34-41(59(6,7)8)26-29-52(45)64-57)47-27-24-39(46-35-65-53-23-16-15-20-43(46)53)32-51(47)62(49)48-28-25-40(58(3,4)5)33-44(48)38-18-13-12-14-19-38/h12-35H,1-11H3. The zero-order valence-electron chi connectivity index (χ0n) is 39.6. The second kappa shape index (κ2) is 14.6. The fraction of sp³-hybridized carbons (Fsp3) is 0.233. The zero-order valence-corrected chi connectivity index (χ0v) is 40.5. The molecule has 0 saturated heterocycles. The number of thiophene rings is 1. The van der Waals surface area contributed by atoms with Crippen LogP contribution in [0.5, 0.6) is 0 Å². The predicted molar refractivity (Wildman–Crippen MR) is 282 cm³/mol. The van der Waals surface area contributed by atoms with Gasteiger partial charge in [0, 0.05) is 43.7 Å². The van der Waals surface area contributed by atoms with Crippen LogP contribution >= 0.6 is 11.3 Å². The molecular weight excluding hydrogens is 808 g/mol. The Morgan fingerprint density at radius 2 is 1.12 bits per heavy atom. The molecule has 9 aromatic rings. The Balaban J connectivity index is 1.25. The summed E-state index contributed by atoms with van der Waals surface area (Å²) in [5, 5.41) is 4.77. The summed E-state index contributed by atoms with van der Waals surface area (Å²) in [7, 11) is 0. The van der Waals surface area contributed by atoms with Crippen LogP contribution in [0.2, 0.25) is 0 Å².